The lowest BCUT2D eigenvalue weighted by Gasteiger charge is -2.23. The van der Waals surface area contributed by atoms with Crippen molar-refractivity contribution in [1.82, 2.24) is 9.97 Å². The van der Waals surface area contributed by atoms with E-state index in [1.54, 1.807) is 13.3 Å². The van der Waals surface area contributed by atoms with Crippen LogP contribution in [-0.2, 0) is 6.42 Å². The molecule has 148 valence electrons. The van der Waals surface area contributed by atoms with Gasteiger partial charge >= 0.3 is 0 Å². The summed E-state index contributed by atoms with van der Waals surface area (Å²) < 4.78 is 4.67. The topological polar surface area (TPSA) is 35.0 Å². The zero-order valence-electron chi connectivity index (χ0n) is 16.3. The molecule has 5 heteroatoms. The molecule has 0 radical (unpaired) electrons. The Morgan fingerprint density at radius 3 is 2.63 bits per heavy atom. The summed E-state index contributed by atoms with van der Waals surface area (Å²) in [6, 6.07) is 20.2. The number of para-hydroxylation sites is 1. The van der Waals surface area contributed by atoms with Crippen LogP contribution >= 0.6 is 23.2 Å². The molecule has 0 saturated carbocycles. The Morgan fingerprint density at radius 1 is 0.967 bits per heavy atom. The Labute approximate surface area is 185 Å². The Kier molecular flexibility index (Phi) is 4.73. The molecule has 0 N–H and O–H groups in total. The van der Waals surface area contributed by atoms with Gasteiger partial charge in [0, 0.05) is 29.1 Å². The Hall–Kier alpha value is -2.88. The minimum absolute atomic E-state index is 0.529. The van der Waals surface area contributed by atoms with Crippen LogP contribution in [0.25, 0.3) is 39.5 Å². The number of alkyl halides is 2. The molecular formula is C25H18Cl2N2O. The number of pyridine rings is 2. The number of nitrogens with zero attached hydrogens (tertiary/aromatic N) is 2. The Morgan fingerprint density at radius 2 is 1.77 bits per heavy atom. The molecule has 2 heterocycles. The molecule has 0 bridgehead atoms. The highest BCUT2D eigenvalue weighted by molar-refractivity contribution is 6.50. The molecule has 3 nitrogen and oxygen atoms in total. The van der Waals surface area contributed by atoms with E-state index in [1.807, 2.05) is 54.6 Å². The van der Waals surface area contributed by atoms with E-state index >= 15 is 0 Å². The lowest BCUT2D eigenvalue weighted by Crippen LogP contribution is -2.17. The summed E-state index contributed by atoms with van der Waals surface area (Å²) in [6.45, 7) is 0. The van der Waals surface area contributed by atoms with Crippen molar-refractivity contribution < 1.29 is 4.74 Å². The van der Waals surface area contributed by atoms with Gasteiger partial charge in [0.15, 0.2) is 0 Å². The second-order valence-electron chi connectivity index (χ2n) is 7.28. The average Bonchev–Trinajstić information content (AvgIpc) is 2.77. The van der Waals surface area contributed by atoms with Crippen LogP contribution in [0.3, 0.4) is 0 Å². The third kappa shape index (κ3) is 3.34. The fourth-order valence-electron chi connectivity index (χ4n) is 3.93. The normalized spacial score (nSPS) is 14.5. The zero-order valence-corrected chi connectivity index (χ0v) is 17.8. The Bertz CT molecular complexity index is 1300. The van der Waals surface area contributed by atoms with Gasteiger partial charge in [-0.2, -0.15) is 0 Å². The van der Waals surface area contributed by atoms with Gasteiger partial charge in [0.1, 0.15) is 10.1 Å². The molecule has 1 aliphatic carbocycles. The fourth-order valence-corrected chi connectivity index (χ4v) is 4.35. The number of ether oxygens (including phenoxy) is 1. The highest BCUT2D eigenvalue weighted by Gasteiger charge is 2.28. The number of halogens is 2. The smallest absolute Gasteiger partial charge is 0.140 e. The number of hydrogen-bond acceptors (Lipinski definition) is 3. The first-order valence-electron chi connectivity index (χ1n) is 9.64. The molecule has 30 heavy (non-hydrogen) atoms. The molecule has 2 aromatic carbocycles. The number of aromatic nitrogens is 2. The minimum Gasteiger partial charge on any atom is -0.496 e. The van der Waals surface area contributed by atoms with Crippen molar-refractivity contribution >= 4 is 40.1 Å². The third-order valence-corrected chi connectivity index (χ3v) is 5.87. The van der Waals surface area contributed by atoms with Crippen molar-refractivity contribution in [2.75, 3.05) is 7.11 Å². The summed E-state index contributed by atoms with van der Waals surface area (Å²) in [5.41, 5.74) is 5.48. The van der Waals surface area contributed by atoms with Gasteiger partial charge in [0.05, 0.1) is 24.2 Å². The van der Waals surface area contributed by atoms with Gasteiger partial charge in [-0.25, -0.2) is 4.98 Å². The van der Waals surface area contributed by atoms with E-state index in [0.717, 1.165) is 50.3 Å². The van der Waals surface area contributed by atoms with Gasteiger partial charge in [-0.15, -0.1) is 0 Å². The highest BCUT2D eigenvalue weighted by atomic mass is 35.5. The predicted octanol–water partition coefficient (Wildman–Crippen LogP) is 6.72. The lowest BCUT2D eigenvalue weighted by atomic mass is 9.93. The van der Waals surface area contributed by atoms with Gasteiger partial charge in [-0.05, 0) is 41.3 Å². The maximum atomic E-state index is 6.36. The molecule has 2 aromatic heterocycles. The highest BCUT2D eigenvalue weighted by Crippen LogP contribution is 2.40. The van der Waals surface area contributed by atoms with E-state index < -0.39 is 4.33 Å². The SMILES string of the molecule is COc1ccccc1-c1cc2ccccc2c(-c2nccc3c2C=CC(Cl)(Cl)C3)n1. The number of methoxy groups -OCH3 is 1. The summed E-state index contributed by atoms with van der Waals surface area (Å²) in [6.07, 6.45) is 6.09. The molecule has 1 aliphatic rings. The molecule has 0 atom stereocenters. The molecule has 0 unspecified atom stereocenters. The average molecular weight is 433 g/mol. The summed E-state index contributed by atoms with van der Waals surface area (Å²) in [4.78, 5) is 9.76. The molecular weight excluding hydrogens is 415 g/mol. The van der Waals surface area contributed by atoms with Crippen LogP contribution in [0.4, 0.5) is 0 Å². The summed E-state index contributed by atoms with van der Waals surface area (Å²) in [5.74, 6) is 0.781. The van der Waals surface area contributed by atoms with Crippen LogP contribution in [0.1, 0.15) is 11.1 Å². The van der Waals surface area contributed by atoms with Crippen LogP contribution in [0, 0.1) is 0 Å². The second-order valence-corrected chi connectivity index (χ2v) is 8.82. The first kappa shape index (κ1) is 19.1. The van der Waals surface area contributed by atoms with Crippen LogP contribution in [-0.4, -0.2) is 21.4 Å². The molecule has 4 aromatic rings. The van der Waals surface area contributed by atoms with E-state index in [-0.39, 0.29) is 0 Å². The van der Waals surface area contributed by atoms with E-state index in [2.05, 4.69) is 18.2 Å². The van der Waals surface area contributed by atoms with Crippen molar-refractivity contribution in [2.45, 2.75) is 10.8 Å². The van der Waals surface area contributed by atoms with Gasteiger partial charge in [-0.3, -0.25) is 4.98 Å². The molecule has 0 amide bonds. The van der Waals surface area contributed by atoms with Crippen molar-refractivity contribution in [3.8, 4) is 28.4 Å². The van der Waals surface area contributed by atoms with Gasteiger partial charge < -0.3 is 4.74 Å². The largest absolute Gasteiger partial charge is 0.496 e. The molecule has 5 rings (SSSR count). The predicted molar refractivity (Wildman–Crippen MR) is 124 cm³/mol. The number of rotatable bonds is 3. The number of allylic oxidation sites excluding steroid dienone is 1. The van der Waals surface area contributed by atoms with Crippen molar-refractivity contribution in [1.29, 1.82) is 0 Å². The summed E-state index contributed by atoms with van der Waals surface area (Å²) in [7, 11) is 1.67. The zero-order chi connectivity index (χ0) is 20.7. The maximum Gasteiger partial charge on any atom is 0.140 e. The second kappa shape index (κ2) is 7.42. The van der Waals surface area contributed by atoms with E-state index in [0.29, 0.717) is 6.42 Å². The van der Waals surface area contributed by atoms with Crippen molar-refractivity contribution in [2.24, 2.45) is 0 Å². The van der Waals surface area contributed by atoms with Crippen LogP contribution in [0.2, 0.25) is 0 Å². The molecule has 0 saturated heterocycles. The fraction of sp³-hybridized carbons (Fsp3) is 0.120. The lowest BCUT2D eigenvalue weighted by molar-refractivity contribution is 0.416. The number of hydrogen-bond donors (Lipinski definition) is 0. The van der Waals surface area contributed by atoms with Crippen molar-refractivity contribution in [3.63, 3.8) is 0 Å². The standard InChI is InChI=1S/C25H18Cl2N2O/c1-30-22-9-5-4-8-20(22)21-14-16-6-2-3-7-18(16)24(29-21)23-19-10-12-25(26,27)15-17(19)11-13-28-23/h2-14H,15H2,1H3. The molecule has 0 spiro atoms. The first-order chi connectivity index (χ1) is 14.6. The van der Waals surface area contributed by atoms with Gasteiger partial charge in [0.2, 0.25) is 0 Å². The molecule has 0 fully saturated rings. The minimum atomic E-state index is -0.902. The maximum absolute atomic E-state index is 6.36. The quantitative estimate of drug-likeness (QED) is 0.337. The van der Waals surface area contributed by atoms with E-state index in [4.69, 9.17) is 37.9 Å². The van der Waals surface area contributed by atoms with Gasteiger partial charge in [-0.1, -0.05) is 65.7 Å². The summed E-state index contributed by atoms with van der Waals surface area (Å²) >= 11 is 12.7. The van der Waals surface area contributed by atoms with Gasteiger partial charge in [0.25, 0.3) is 0 Å². The van der Waals surface area contributed by atoms with Crippen LogP contribution in [0.15, 0.2) is 72.9 Å². The number of benzene rings is 2. The van der Waals surface area contributed by atoms with Crippen molar-refractivity contribution in [3.05, 3.63) is 84.1 Å². The van der Waals surface area contributed by atoms with E-state index in [9.17, 15) is 0 Å². The molecule has 0 aliphatic heterocycles. The monoisotopic (exact) mass is 432 g/mol. The van der Waals surface area contributed by atoms with Crippen LogP contribution in [0.5, 0.6) is 5.75 Å². The first-order valence-corrected chi connectivity index (χ1v) is 10.4. The summed E-state index contributed by atoms with van der Waals surface area (Å²) in [5, 5.41) is 2.13. The third-order valence-electron chi connectivity index (χ3n) is 5.35. The number of fused-ring (bicyclic) bond motifs is 2. The van der Waals surface area contributed by atoms with E-state index in [1.165, 1.54) is 0 Å². The Balaban J connectivity index is 1.79. The van der Waals surface area contributed by atoms with Crippen LogP contribution < -0.4 is 4.74 Å².